The molecule has 0 bridgehead atoms. The standard InChI is InChI=1S/C10H10N2S2/c11-7-3-5-1-2-6-4-8(12)14-10(6)9(5)13-7/h3-4H,1-2,11-12H2. The van der Waals surface area contributed by atoms with Gasteiger partial charge in [0.2, 0.25) is 0 Å². The van der Waals surface area contributed by atoms with Crippen LogP contribution in [0.5, 0.6) is 0 Å². The number of thiophene rings is 2. The summed E-state index contributed by atoms with van der Waals surface area (Å²) in [7, 11) is 0. The van der Waals surface area contributed by atoms with Crippen LogP contribution in [0.25, 0.3) is 9.75 Å². The van der Waals surface area contributed by atoms with Crippen molar-refractivity contribution < 1.29 is 0 Å². The first-order valence-electron chi connectivity index (χ1n) is 4.51. The van der Waals surface area contributed by atoms with E-state index in [1.807, 2.05) is 0 Å². The number of fused-ring (bicyclic) bond motifs is 3. The van der Waals surface area contributed by atoms with E-state index in [0.29, 0.717) is 0 Å². The van der Waals surface area contributed by atoms with Crippen molar-refractivity contribution in [2.75, 3.05) is 11.5 Å². The van der Waals surface area contributed by atoms with Crippen LogP contribution in [-0.2, 0) is 12.8 Å². The third kappa shape index (κ3) is 1.07. The van der Waals surface area contributed by atoms with Gasteiger partial charge in [0.15, 0.2) is 0 Å². The van der Waals surface area contributed by atoms with Gasteiger partial charge in [-0.3, -0.25) is 0 Å². The molecule has 0 spiro atoms. The fraction of sp³-hybridized carbons (Fsp3) is 0.200. The molecule has 2 nitrogen and oxygen atoms in total. The summed E-state index contributed by atoms with van der Waals surface area (Å²) >= 11 is 3.36. The van der Waals surface area contributed by atoms with E-state index < -0.39 is 0 Å². The third-order valence-electron chi connectivity index (χ3n) is 2.53. The maximum absolute atomic E-state index is 5.81. The number of aryl methyl sites for hydroxylation is 2. The minimum Gasteiger partial charge on any atom is -0.391 e. The molecule has 0 atom stereocenters. The fourth-order valence-corrected chi connectivity index (χ4v) is 4.08. The number of nitrogens with two attached hydrogens (primary N) is 2. The predicted octanol–water partition coefficient (Wildman–Crippen LogP) is 2.74. The van der Waals surface area contributed by atoms with E-state index in [1.165, 1.54) is 20.9 Å². The zero-order valence-electron chi connectivity index (χ0n) is 7.54. The van der Waals surface area contributed by atoms with E-state index in [2.05, 4.69) is 12.1 Å². The number of hydrogen-bond acceptors (Lipinski definition) is 4. The molecule has 14 heavy (non-hydrogen) atoms. The fourth-order valence-electron chi connectivity index (χ4n) is 1.93. The summed E-state index contributed by atoms with van der Waals surface area (Å²) in [5.74, 6) is 0. The summed E-state index contributed by atoms with van der Waals surface area (Å²) in [4.78, 5) is 2.68. The first-order valence-corrected chi connectivity index (χ1v) is 6.14. The zero-order valence-corrected chi connectivity index (χ0v) is 9.17. The molecule has 4 N–H and O–H groups in total. The SMILES string of the molecule is Nc1cc2c(s1)-c1sc(N)cc1CC2. The van der Waals surface area contributed by atoms with E-state index in [4.69, 9.17) is 11.5 Å². The molecular weight excluding hydrogens is 212 g/mol. The molecule has 0 saturated carbocycles. The summed E-state index contributed by atoms with van der Waals surface area (Å²) in [5, 5.41) is 1.82. The lowest BCUT2D eigenvalue weighted by Crippen LogP contribution is -1.96. The molecule has 0 amide bonds. The van der Waals surface area contributed by atoms with Gasteiger partial charge in [-0.15, -0.1) is 22.7 Å². The summed E-state index contributed by atoms with van der Waals surface area (Å²) in [6.45, 7) is 0. The lowest BCUT2D eigenvalue weighted by atomic mass is 9.98. The average molecular weight is 222 g/mol. The van der Waals surface area contributed by atoms with Crippen molar-refractivity contribution >= 4 is 32.7 Å². The Hall–Kier alpha value is -1.00. The predicted molar refractivity (Wildman–Crippen MR) is 63.9 cm³/mol. The lowest BCUT2D eigenvalue weighted by Gasteiger charge is -2.10. The Morgan fingerprint density at radius 1 is 0.857 bits per heavy atom. The van der Waals surface area contributed by atoms with Gasteiger partial charge in [-0.1, -0.05) is 0 Å². The van der Waals surface area contributed by atoms with Crippen LogP contribution in [0.1, 0.15) is 11.1 Å². The van der Waals surface area contributed by atoms with E-state index in [-0.39, 0.29) is 0 Å². The highest BCUT2D eigenvalue weighted by atomic mass is 32.1. The molecule has 3 rings (SSSR count). The maximum Gasteiger partial charge on any atom is 0.0865 e. The van der Waals surface area contributed by atoms with Crippen molar-refractivity contribution in [2.45, 2.75) is 12.8 Å². The lowest BCUT2D eigenvalue weighted by molar-refractivity contribution is 0.958. The van der Waals surface area contributed by atoms with Gasteiger partial charge in [0.1, 0.15) is 0 Å². The molecule has 4 heteroatoms. The van der Waals surface area contributed by atoms with Crippen molar-refractivity contribution in [3.63, 3.8) is 0 Å². The van der Waals surface area contributed by atoms with Gasteiger partial charge in [0.25, 0.3) is 0 Å². The average Bonchev–Trinajstić information content (AvgIpc) is 2.65. The minimum absolute atomic E-state index is 0.912. The quantitative estimate of drug-likeness (QED) is 0.720. The summed E-state index contributed by atoms with van der Waals surface area (Å²) in [6, 6.07) is 4.19. The molecule has 72 valence electrons. The van der Waals surface area contributed by atoms with Gasteiger partial charge in [-0.05, 0) is 36.1 Å². The van der Waals surface area contributed by atoms with Gasteiger partial charge in [0.05, 0.1) is 10.0 Å². The Labute approximate surface area is 90.2 Å². The van der Waals surface area contributed by atoms with Crippen LogP contribution < -0.4 is 11.5 Å². The molecule has 0 aliphatic heterocycles. The largest absolute Gasteiger partial charge is 0.391 e. The van der Waals surface area contributed by atoms with Crippen molar-refractivity contribution in [2.24, 2.45) is 0 Å². The van der Waals surface area contributed by atoms with Crippen molar-refractivity contribution in [1.29, 1.82) is 0 Å². The van der Waals surface area contributed by atoms with Gasteiger partial charge in [0, 0.05) is 9.75 Å². The number of hydrogen-bond donors (Lipinski definition) is 2. The molecule has 2 heterocycles. The Morgan fingerprint density at radius 2 is 1.29 bits per heavy atom. The first-order chi connectivity index (χ1) is 6.74. The van der Waals surface area contributed by atoms with Crippen LogP contribution in [0.2, 0.25) is 0 Å². The van der Waals surface area contributed by atoms with Crippen LogP contribution in [0.3, 0.4) is 0 Å². The molecule has 1 aliphatic carbocycles. The zero-order chi connectivity index (χ0) is 9.71. The van der Waals surface area contributed by atoms with Crippen molar-refractivity contribution in [3.05, 3.63) is 23.3 Å². The second-order valence-electron chi connectivity index (χ2n) is 3.51. The van der Waals surface area contributed by atoms with Crippen LogP contribution in [0.15, 0.2) is 12.1 Å². The molecule has 1 aliphatic rings. The van der Waals surface area contributed by atoms with Gasteiger partial charge in [-0.25, -0.2) is 0 Å². The Balaban J connectivity index is 2.27. The van der Waals surface area contributed by atoms with Crippen LogP contribution in [0, 0.1) is 0 Å². The highest BCUT2D eigenvalue weighted by Crippen LogP contribution is 2.45. The molecule has 2 aromatic rings. The molecular formula is C10H10N2S2. The summed E-state index contributed by atoms with van der Waals surface area (Å²) in [5.41, 5.74) is 14.4. The van der Waals surface area contributed by atoms with Crippen LogP contribution >= 0.6 is 22.7 Å². The third-order valence-corrected chi connectivity index (χ3v) is 4.70. The van der Waals surface area contributed by atoms with Crippen LogP contribution in [-0.4, -0.2) is 0 Å². The monoisotopic (exact) mass is 222 g/mol. The van der Waals surface area contributed by atoms with Crippen LogP contribution in [0.4, 0.5) is 10.0 Å². The second-order valence-corrected chi connectivity index (χ2v) is 5.67. The number of rotatable bonds is 0. The number of anilines is 2. The molecule has 0 saturated heterocycles. The highest BCUT2D eigenvalue weighted by molar-refractivity contribution is 7.26. The topological polar surface area (TPSA) is 52.0 Å². The molecule has 0 aromatic carbocycles. The Bertz CT molecular complexity index is 450. The second kappa shape index (κ2) is 2.74. The molecule has 0 radical (unpaired) electrons. The minimum atomic E-state index is 0.912. The van der Waals surface area contributed by atoms with Gasteiger partial charge in [-0.2, -0.15) is 0 Å². The first kappa shape index (κ1) is 8.32. The maximum atomic E-state index is 5.81. The van der Waals surface area contributed by atoms with E-state index in [0.717, 1.165) is 22.8 Å². The van der Waals surface area contributed by atoms with Crippen molar-refractivity contribution in [1.82, 2.24) is 0 Å². The van der Waals surface area contributed by atoms with Crippen molar-refractivity contribution in [3.8, 4) is 9.75 Å². The van der Waals surface area contributed by atoms with E-state index in [1.54, 1.807) is 22.7 Å². The highest BCUT2D eigenvalue weighted by Gasteiger charge is 2.20. The molecule has 0 fully saturated rings. The normalized spacial score (nSPS) is 13.7. The van der Waals surface area contributed by atoms with E-state index >= 15 is 0 Å². The molecule has 2 aromatic heterocycles. The summed E-state index contributed by atoms with van der Waals surface area (Å²) < 4.78 is 0. The summed E-state index contributed by atoms with van der Waals surface area (Å²) in [6.07, 6.45) is 2.21. The molecule has 0 unspecified atom stereocenters. The Morgan fingerprint density at radius 3 is 1.71 bits per heavy atom. The Kier molecular flexibility index (Phi) is 1.63. The van der Waals surface area contributed by atoms with Gasteiger partial charge < -0.3 is 11.5 Å². The smallest absolute Gasteiger partial charge is 0.0865 e. The number of nitrogen functional groups attached to an aromatic ring is 2. The van der Waals surface area contributed by atoms with E-state index in [9.17, 15) is 0 Å². The van der Waals surface area contributed by atoms with Gasteiger partial charge >= 0.3 is 0 Å².